The molecule has 0 saturated carbocycles. The molecule has 1 amide bonds. The molecule has 2 aliphatic rings. The van der Waals surface area contributed by atoms with Gasteiger partial charge in [0.1, 0.15) is 9.92 Å². The van der Waals surface area contributed by atoms with Gasteiger partial charge >= 0.3 is 23.9 Å². The number of nitrogens with zero attached hydrogens (tertiary/aromatic N) is 5. The number of alkyl halides is 6. The summed E-state index contributed by atoms with van der Waals surface area (Å²) in [6.07, 6.45) is -2.42. The first-order valence-electron chi connectivity index (χ1n) is 15.9. The van der Waals surface area contributed by atoms with Crippen molar-refractivity contribution >= 4 is 67.9 Å². The Morgan fingerprint density at radius 2 is 1.63 bits per heavy atom. The number of aromatic nitrogens is 4. The number of anilines is 5. The Morgan fingerprint density at radius 1 is 0.944 bits per heavy atom. The van der Waals surface area contributed by atoms with Crippen LogP contribution in [0.5, 0.6) is 0 Å². The summed E-state index contributed by atoms with van der Waals surface area (Å²) in [5.74, 6) is -5.74. The third-order valence-electron chi connectivity index (χ3n) is 8.21. The van der Waals surface area contributed by atoms with Crippen LogP contribution < -0.4 is 16.0 Å². The number of nitrogens with one attached hydrogen (secondary N) is 3. The molecule has 6 rings (SSSR count). The first-order valence-corrected chi connectivity index (χ1v) is 17.7. The molecule has 14 nitrogen and oxygen atoms in total. The molecule has 0 radical (unpaired) electrons. The third-order valence-corrected chi connectivity index (χ3v) is 10.5. The minimum absolute atomic E-state index is 0.0708. The maximum atomic E-state index is 13.2. The largest absolute Gasteiger partial charge is 0.458 e. The summed E-state index contributed by atoms with van der Waals surface area (Å²) in [6.45, 7) is 2.26. The highest BCUT2D eigenvalue weighted by atomic mass is 35.5. The Kier molecular flexibility index (Phi) is 11.9. The van der Waals surface area contributed by atoms with Crippen LogP contribution in [-0.2, 0) is 37.2 Å². The van der Waals surface area contributed by atoms with Crippen LogP contribution in [0.4, 0.5) is 55.2 Å². The number of carbonyl (C=O) groups excluding carboxylic acids is 3. The number of rotatable bonds is 6. The van der Waals surface area contributed by atoms with E-state index in [0.717, 1.165) is 28.2 Å². The molecule has 2 aliphatic heterocycles. The van der Waals surface area contributed by atoms with Gasteiger partial charge in [0.15, 0.2) is 11.6 Å². The van der Waals surface area contributed by atoms with E-state index in [-0.39, 0.29) is 22.5 Å². The van der Waals surface area contributed by atoms with Crippen molar-refractivity contribution in [1.82, 2.24) is 24.4 Å². The van der Waals surface area contributed by atoms with Crippen LogP contribution in [-0.4, -0.2) is 75.7 Å². The van der Waals surface area contributed by atoms with Crippen molar-refractivity contribution in [2.24, 2.45) is 5.92 Å². The van der Waals surface area contributed by atoms with Gasteiger partial charge in [-0.05, 0) is 73.9 Å². The van der Waals surface area contributed by atoms with Crippen molar-refractivity contribution in [3.8, 4) is 0 Å². The van der Waals surface area contributed by atoms with Gasteiger partial charge in [-0.25, -0.2) is 13.4 Å². The lowest BCUT2D eigenvalue weighted by molar-refractivity contribution is -0.193. The molecule has 1 saturated heterocycles. The van der Waals surface area contributed by atoms with Crippen LogP contribution in [0.2, 0.25) is 5.02 Å². The van der Waals surface area contributed by atoms with Gasteiger partial charge in [-0.2, -0.15) is 35.6 Å². The molecule has 54 heavy (non-hydrogen) atoms. The smallest absolute Gasteiger partial charge is 0.360 e. The van der Waals surface area contributed by atoms with Crippen molar-refractivity contribution in [3.63, 3.8) is 0 Å². The van der Waals surface area contributed by atoms with E-state index < -0.39 is 33.9 Å². The first kappa shape index (κ1) is 40.0. The van der Waals surface area contributed by atoms with Gasteiger partial charge in [0.05, 0.1) is 24.3 Å². The molecular weight excluding hydrogens is 774 g/mol. The number of benzene rings is 1. The quantitative estimate of drug-likeness (QED) is 0.151. The second-order valence-corrected chi connectivity index (χ2v) is 14.4. The van der Waals surface area contributed by atoms with Crippen LogP contribution in [0, 0.1) is 12.8 Å². The number of amides is 1. The fourth-order valence-electron chi connectivity index (χ4n) is 5.50. The lowest BCUT2D eigenvalue weighted by Gasteiger charge is -2.30. The van der Waals surface area contributed by atoms with Crippen molar-refractivity contribution in [1.29, 1.82) is 0 Å². The zero-order valence-electron chi connectivity index (χ0n) is 27.9. The predicted molar refractivity (Wildman–Crippen MR) is 180 cm³/mol. The number of halogens is 7. The van der Waals surface area contributed by atoms with E-state index in [1.807, 2.05) is 30.5 Å². The number of hydrogen-bond donors (Lipinski definition) is 3. The molecule has 22 heteroatoms. The number of aryl methyl sites for hydroxylation is 3. The Bertz CT molecular complexity index is 2130. The highest BCUT2D eigenvalue weighted by Crippen LogP contribution is 2.31. The van der Waals surface area contributed by atoms with E-state index >= 15 is 0 Å². The number of carbonyl (C=O) groups is 3. The van der Waals surface area contributed by atoms with Crippen LogP contribution in [0.25, 0.3) is 0 Å². The van der Waals surface area contributed by atoms with Gasteiger partial charge in [-0.3, -0.25) is 19.4 Å². The third kappa shape index (κ3) is 9.88. The molecule has 1 aromatic carbocycles. The van der Waals surface area contributed by atoms with E-state index in [4.69, 9.17) is 16.1 Å². The summed E-state index contributed by atoms with van der Waals surface area (Å²) in [5.41, 5.74) is 4.22. The molecule has 0 atom stereocenters. The summed E-state index contributed by atoms with van der Waals surface area (Å²) < 4.78 is 99.2. The minimum atomic E-state index is -5.77. The predicted octanol–water partition coefficient (Wildman–Crippen LogP) is 6.09. The first-order chi connectivity index (χ1) is 25.3. The Morgan fingerprint density at radius 3 is 2.26 bits per heavy atom. The SMILES string of the molecule is Cc1oncc1S(=O)(=O)N1CCC(CC(=O)Nc2ccc3cc2CCc2cncc(c2)Nc2ncc(Cl)c(n2)N3)CC1.O=C(C(=O)C(F)(F)F)C(F)(F)F. The van der Waals surface area contributed by atoms with Gasteiger partial charge in [0.2, 0.25) is 21.9 Å². The van der Waals surface area contributed by atoms with E-state index in [2.05, 4.69) is 36.1 Å². The molecule has 5 heterocycles. The van der Waals surface area contributed by atoms with Gasteiger partial charge in [0.25, 0.3) is 0 Å². The number of piperidine rings is 1. The maximum Gasteiger partial charge on any atom is 0.458 e. The van der Waals surface area contributed by atoms with Crippen LogP contribution in [0.15, 0.2) is 58.5 Å². The Labute approximate surface area is 307 Å². The zero-order valence-corrected chi connectivity index (χ0v) is 29.5. The highest BCUT2D eigenvalue weighted by Gasteiger charge is 2.54. The summed E-state index contributed by atoms with van der Waals surface area (Å²) >= 11 is 6.36. The second-order valence-electron chi connectivity index (χ2n) is 12.1. The van der Waals surface area contributed by atoms with E-state index in [9.17, 15) is 49.1 Å². The summed E-state index contributed by atoms with van der Waals surface area (Å²) in [6, 6.07) is 7.71. The van der Waals surface area contributed by atoms with E-state index in [0.29, 0.717) is 62.0 Å². The average Bonchev–Trinajstić information content (AvgIpc) is 3.55. The summed E-state index contributed by atoms with van der Waals surface area (Å²) in [7, 11) is -3.67. The summed E-state index contributed by atoms with van der Waals surface area (Å²) in [5, 5.41) is 13.5. The van der Waals surface area contributed by atoms with Crippen molar-refractivity contribution in [2.75, 3.05) is 29.0 Å². The lowest BCUT2D eigenvalue weighted by atomic mass is 9.94. The van der Waals surface area contributed by atoms with Gasteiger partial charge in [-0.1, -0.05) is 16.8 Å². The monoisotopic (exact) mass is 802 g/mol. The van der Waals surface area contributed by atoms with Gasteiger partial charge in [0, 0.05) is 37.1 Å². The fraction of sp³-hybridized carbons (Fsp3) is 0.344. The highest BCUT2D eigenvalue weighted by molar-refractivity contribution is 7.89. The topological polar surface area (TPSA) is 189 Å². The van der Waals surface area contributed by atoms with Gasteiger partial charge < -0.3 is 20.5 Å². The second kappa shape index (κ2) is 16.1. The van der Waals surface area contributed by atoms with Crippen molar-refractivity contribution < 1.29 is 53.7 Å². The molecule has 3 aromatic heterocycles. The number of hydrogen-bond acceptors (Lipinski definition) is 12. The number of sulfonamides is 1. The lowest BCUT2D eigenvalue weighted by Crippen LogP contribution is -2.39. The van der Waals surface area contributed by atoms with Crippen molar-refractivity contribution in [3.05, 3.63) is 71.0 Å². The minimum Gasteiger partial charge on any atom is -0.360 e. The van der Waals surface area contributed by atoms with E-state index in [1.165, 1.54) is 16.7 Å². The molecular formula is C32H29ClF6N8O6S. The molecule has 4 aromatic rings. The number of Topliss-reactive ketones (excluding diaryl/α,β-unsaturated/α-hetero) is 2. The van der Waals surface area contributed by atoms with Crippen LogP contribution in [0.3, 0.4) is 0 Å². The zero-order chi connectivity index (χ0) is 39.4. The average molecular weight is 803 g/mol. The number of fused-ring (bicyclic) bond motifs is 6. The van der Waals surface area contributed by atoms with Crippen LogP contribution in [0.1, 0.15) is 36.1 Å². The van der Waals surface area contributed by atoms with Gasteiger partial charge in [-0.15, -0.1) is 0 Å². The summed E-state index contributed by atoms with van der Waals surface area (Å²) in [4.78, 5) is 45.6. The Hall–Kier alpha value is -5.15. The standard InChI is InChI=1S/C28H29ClN8O4S.C4F6O2/c1-17-25(16-32-41-17)42(39,40)37-8-6-18(7-9-37)11-26(38)35-24-5-4-21-12-20(24)3-2-19-10-22(14-30-13-19)34-28-31-15-23(29)27(33-21)36-28;5-3(6,7)1(11)2(12)4(8,9)10/h4-5,10,12-16,18H,2-3,6-9,11H2,1H3,(H,35,38)(H2,31,33,34,36);. The fourth-order valence-corrected chi connectivity index (χ4v) is 7.19. The molecule has 0 spiro atoms. The molecule has 1 fully saturated rings. The molecule has 0 aliphatic carbocycles. The maximum absolute atomic E-state index is 13.2. The normalized spacial score (nSPS) is 15.2. The Balaban J connectivity index is 0.000000404. The van der Waals surface area contributed by atoms with E-state index in [1.54, 1.807) is 13.1 Å². The van der Waals surface area contributed by atoms with Crippen molar-refractivity contribution in [2.45, 2.75) is 56.3 Å². The molecule has 288 valence electrons. The number of pyridine rings is 1. The molecule has 0 unspecified atom stereocenters. The molecule has 3 N–H and O–H groups in total. The number of ketones is 2. The van der Waals surface area contributed by atoms with Crippen LogP contribution >= 0.6 is 11.6 Å². The molecule has 6 bridgehead atoms.